The summed E-state index contributed by atoms with van der Waals surface area (Å²) in [4.78, 5) is 12.9. The molecule has 0 aliphatic heterocycles. The van der Waals surface area contributed by atoms with Crippen molar-refractivity contribution in [2.75, 3.05) is 21.3 Å². The number of ether oxygens (including phenoxy) is 3. The van der Waals surface area contributed by atoms with E-state index in [1.165, 1.54) is 6.20 Å². The predicted octanol–water partition coefficient (Wildman–Crippen LogP) is 4.25. The number of carbonyl (C=O) groups excluding carboxylic acids is 1. The van der Waals surface area contributed by atoms with Gasteiger partial charge in [-0.05, 0) is 36.8 Å². The summed E-state index contributed by atoms with van der Waals surface area (Å²) >= 11 is 5.95. The highest BCUT2D eigenvalue weighted by atomic mass is 35.5. The Morgan fingerprint density at radius 2 is 1.69 bits per heavy atom. The zero-order chi connectivity index (χ0) is 21.0. The molecule has 29 heavy (non-hydrogen) atoms. The average Bonchev–Trinajstić information content (AvgIpc) is 3.23. The molecule has 1 unspecified atom stereocenters. The number of halogens is 1. The Bertz CT molecular complexity index is 976. The van der Waals surface area contributed by atoms with Crippen LogP contribution in [0.15, 0.2) is 42.6 Å². The quantitative estimate of drug-likeness (QED) is 0.602. The third-order valence-electron chi connectivity index (χ3n) is 4.55. The van der Waals surface area contributed by atoms with Crippen molar-refractivity contribution < 1.29 is 19.0 Å². The third-order valence-corrected chi connectivity index (χ3v) is 4.80. The summed E-state index contributed by atoms with van der Waals surface area (Å²) in [6.07, 6.45) is 1.50. The molecule has 0 aliphatic carbocycles. The van der Waals surface area contributed by atoms with E-state index in [4.69, 9.17) is 25.8 Å². The molecule has 0 radical (unpaired) electrons. The Balaban J connectivity index is 1.85. The zero-order valence-corrected chi connectivity index (χ0v) is 17.3. The summed E-state index contributed by atoms with van der Waals surface area (Å²) in [5, 5.41) is 10.5. The molecule has 7 nitrogen and oxygen atoms in total. The maximum absolute atomic E-state index is 12.9. The molecule has 1 aromatic heterocycles. The van der Waals surface area contributed by atoms with Crippen LogP contribution in [-0.4, -0.2) is 37.4 Å². The number of aromatic amines is 1. The molecular weight excluding hydrogens is 394 g/mol. The fourth-order valence-corrected chi connectivity index (χ4v) is 3.13. The molecule has 0 saturated heterocycles. The molecule has 0 fully saturated rings. The normalized spacial score (nSPS) is 11.6. The lowest BCUT2D eigenvalue weighted by Crippen LogP contribution is -2.26. The SMILES string of the molecule is COc1cc(C(C)NC(=O)c2cn[nH]c2-c2ccc(Cl)cc2)cc(OC)c1OC. The standard InChI is InChI=1S/C21H22ClN3O4/c1-12(14-9-17(27-2)20(29-4)18(10-14)28-3)24-21(26)16-11-23-25-19(16)13-5-7-15(22)8-6-13/h5-12H,1-4H3,(H,23,25)(H,24,26). The molecule has 0 aliphatic rings. The van der Waals surface area contributed by atoms with Gasteiger partial charge >= 0.3 is 0 Å². The van der Waals surface area contributed by atoms with Crippen LogP contribution >= 0.6 is 11.6 Å². The number of hydrogen-bond acceptors (Lipinski definition) is 5. The van der Waals surface area contributed by atoms with Gasteiger partial charge in [0.25, 0.3) is 5.91 Å². The average molecular weight is 416 g/mol. The van der Waals surface area contributed by atoms with Crippen molar-refractivity contribution in [2.24, 2.45) is 0 Å². The Morgan fingerprint density at radius 3 is 2.24 bits per heavy atom. The lowest BCUT2D eigenvalue weighted by atomic mass is 10.0. The summed E-state index contributed by atoms with van der Waals surface area (Å²) in [6, 6.07) is 10.5. The van der Waals surface area contributed by atoms with Crippen molar-refractivity contribution in [3.8, 4) is 28.5 Å². The number of nitrogens with one attached hydrogen (secondary N) is 2. The number of H-pyrrole nitrogens is 1. The lowest BCUT2D eigenvalue weighted by Gasteiger charge is -2.19. The molecular formula is C21H22ClN3O4. The molecule has 2 N–H and O–H groups in total. The highest BCUT2D eigenvalue weighted by molar-refractivity contribution is 6.30. The number of nitrogens with zero attached hydrogens (tertiary/aromatic N) is 1. The van der Waals surface area contributed by atoms with Gasteiger partial charge in [-0.15, -0.1) is 0 Å². The van der Waals surface area contributed by atoms with Crippen LogP contribution in [0.3, 0.4) is 0 Å². The van der Waals surface area contributed by atoms with E-state index < -0.39 is 0 Å². The summed E-state index contributed by atoms with van der Waals surface area (Å²) in [5.41, 5.74) is 2.68. The number of amides is 1. The van der Waals surface area contributed by atoms with Gasteiger partial charge < -0.3 is 19.5 Å². The number of carbonyl (C=O) groups is 1. The van der Waals surface area contributed by atoms with Gasteiger partial charge in [-0.2, -0.15) is 5.10 Å². The van der Waals surface area contributed by atoms with E-state index in [0.29, 0.717) is 33.5 Å². The molecule has 3 aromatic rings. The van der Waals surface area contributed by atoms with Crippen molar-refractivity contribution in [1.82, 2.24) is 15.5 Å². The summed E-state index contributed by atoms with van der Waals surface area (Å²) in [5.74, 6) is 1.28. The second-order valence-corrected chi connectivity index (χ2v) is 6.76. The van der Waals surface area contributed by atoms with Gasteiger partial charge in [0.2, 0.25) is 5.75 Å². The van der Waals surface area contributed by atoms with Crippen LogP contribution in [0.4, 0.5) is 0 Å². The molecule has 1 atom stereocenters. The van der Waals surface area contributed by atoms with Crippen LogP contribution in [0, 0.1) is 0 Å². The molecule has 8 heteroatoms. The van der Waals surface area contributed by atoms with Crippen LogP contribution < -0.4 is 19.5 Å². The van der Waals surface area contributed by atoms with Gasteiger partial charge in [0.05, 0.1) is 44.8 Å². The number of benzene rings is 2. The fraction of sp³-hybridized carbons (Fsp3) is 0.238. The van der Waals surface area contributed by atoms with Gasteiger partial charge in [0.1, 0.15) is 0 Å². The number of hydrogen-bond donors (Lipinski definition) is 2. The first kappa shape index (κ1) is 20.5. The van der Waals surface area contributed by atoms with Crippen molar-refractivity contribution >= 4 is 17.5 Å². The number of rotatable bonds is 7. The Morgan fingerprint density at radius 1 is 1.07 bits per heavy atom. The second-order valence-electron chi connectivity index (χ2n) is 6.32. The van der Waals surface area contributed by atoms with E-state index in [2.05, 4.69) is 15.5 Å². The van der Waals surface area contributed by atoms with Crippen molar-refractivity contribution in [3.63, 3.8) is 0 Å². The molecule has 0 saturated carbocycles. The molecule has 2 aromatic carbocycles. The summed E-state index contributed by atoms with van der Waals surface area (Å²) in [7, 11) is 4.64. The molecule has 152 valence electrons. The lowest BCUT2D eigenvalue weighted by molar-refractivity contribution is 0.0940. The predicted molar refractivity (Wildman–Crippen MR) is 111 cm³/mol. The van der Waals surface area contributed by atoms with Gasteiger partial charge in [-0.3, -0.25) is 9.89 Å². The van der Waals surface area contributed by atoms with Crippen LogP contribution in [0.5, 0.6) is 17.2 Å². The van der Waals surface area contributed by atoms with E-state index in [0.717, 1.165) is 11.1 Å². The monoisotopic (exact) mass is 415 g/mol. The molecule has 0 bridgehead atoms. The van der Waals surface area contributed by atoms with Crippen molar-refractivity contribution in [2.45, 2.75) is 13.0 Å². The van der Waals surface area contributed by atoms with Gasteiger partial charge in [-0.1, -0.05) is 23.7 Å². The van der Waals surface area contributed by atoms with Crippen LogP contribution in [0.2, 0.25) is 5.02 Å². The van der Waals surface area contributed by atoms with Crippen LogP contribution in [-0.2, 0) is 0 Å². The van der Waals surface area contributed by atoms with E-state index in [1.807, 2.05) is 31.2 Å². The van der Waals surface area contributed by atoms with E-state index in [9.17, 15) is 4.79 Å². The number of methoxy groups -OCH3 is 3. The van der Waals surface area contributed by atoms with Gasteiger partial charge in [0.15, 0.2) is 11.5 Å². The van der Waals surface area contributed by atoms with Crippen molar-refractivity contribution in [3.05, 3.63) is 58.7 Å². The Hall–Kier alpha value is -3.19. The van der Waals surface area contributed by atoms with Gasteiger partial charge in [0, 0.05) is 10.6 Å². The first-order valence-electron chi connectivity index (χ1n) is 8.88. The van der Waals surface area contributed by atoms with E-state index >= 15 is 0 Å². The smallest absolute Gasteiger partial charge is 0.255 e. The molecule has 1 heterocycles. The highest BCUT2D eigenvalue weighted by Crippen LogP contribution is 2.39. The maximum atomic E-state index is 12.9. The third kappa shape index (κ3) is 4.30. The fourth-order valence-electron chi connectivity index (χ4n) is 3.00. The van der Waals surface area contributed by atoms with Crippen LogP contribution in [0.1, 0.15) is 28.9 Å². The Kier molecular flexibility index (Phi) is 6.29. The topological polar surface area (TPSA) is 85.5 Å². The minimum absolute atomic E-state index is 0.259. The van der Waals surface area contributed by atoms with E-state index in [-0.39, 0.29) is 11.9 Å². The first-order valence-corrected chi connectivity index (χ1v) is 9.26. The molecule has 0 spiro atoms. The minimum Gasteiger partial charge on any atom is -0.493 e. The highest BCUT2D eigenvalue weighted by Gasteiger charge is 2.20. The maximum Gasteiger partial charge on any atom is 0.255 e. The van der Waals surface area contributed by atoms with Crippen molar-refractivity contribution in [1.29, 1.82) is 0 Å². The summed E-state index contributed by atoms with van der Waals surface area (Å²) in [6.45, 7) is 1.88. The summed E-state index contributed by atoms with van der Waals surface area (Å²) < 4.78 is 16.1. The zero-order valence-electron chi connectivity index (χ0n) is 16.6. The Labute approximate surface area is 173 Å². The van der Waals surface area contributed by atoms with Crippen LogP contribution in [0.25, 0.3) is 11.3 Å². The molecule has 1 amide bonds. The van der Waals surface area contributed by atoms with Gasteiger partial charge in [-0.25, -0.2) is 0 Å². The molecule has 3 rings (SSSR count). The first-order chi connectivity index (χ1) is 14.0. The minimum atomic E-state index is -0.316. The second kappa shape index (κ2) is 8.87. The largest absolute Gasteiger partial charge is 0.493 e. The van der Waals surface area contributed by atoms with E-state index in [1.54, 1.807) is 33.5 Å². The number of aromatic nitrogens is 2.